The fourth-order valence-electron chi connectivity index (χ4n) is 1.76. The molecule has 0 unspecified atom stereocenters. The van der Waals surface area contributed by atoms with E-state index in [1.807, 2.05) is 35.1 Å². The van der Waals surface area contributed by atoms with Gasteiger partial charge in [-0.15, -0.1) is 0 Å². The summed E-state index contributed by atoms with van der Waals surface area (Å²) >= 11 is 5.86. The van der Waals surface area contributed by atoms with E-state index in [1.165, 1.54) is 5.56 Å². The van der Waals surface area contributed by atoms with E-state index in [9.17, 15) is 0 Å². The Labute approximate surface area is 113 Å². The van der Waals surface area contributed by atoms with E-state index in [1.54, 1.807) is 0 Å². The van der Waals surface area contributed by atoms with E-state index in [2.05, 4.69) is 23.4 Å². The zero-order chi connectivity index (χ0) is 12.8. The van der Waals surface area contributed by atoms with Crippen molar-refractivity contribution >= 4 is 11.6 Å². The van der Waals surface area contributed by atoms with Crippen LogP contribution in [0.2, 0.25) is 5.02 Å². The van der Waals surface area contributed by atoms with Crippen molar-refractivity contribution in [2.24, 2.45) is 0 Å². The lowest BCUT2D eigenvalue weighted by Crippen LogP contribution is -2.14. The molecule has 0 aliphatic heterocycles. The summed E-state index contributed by atoms with van der Waals surface area (Å²) in [5.41, 5.74) is 2.29. The molecule has 0 aliphatic carbocycles. The topological polar surface area (TPSA) is 29.9 Å². The maximum Gasteiger partial charge on any atom is 0.0762 e. The van der Waals surface area contributed by atoms with Crippen molar-refractivity contribution in [1.29, 1.82) is 0 Å². The van der Waals surface area contributed by atoms with Gasteiger partial charge in [0, 0.05) is 17.8 Å². The molecule has 0 radical (unpaired) electrons. The van der Waals surface area contributed by atoms with Crippen LogP contribution in [0.25, 0.3) is 0 Å². The third-order valence-electron chi connectivity index (χ3n) is 2.69. The second-order valence-corrected chi connectivity index (χ2v) is 4.74. The molecule has 0 fully saturated rings. The van der Waals surface area contributed by atoms with E-state index in [0.717, 1.165) is 36.8 Å². The predicted octanol–water partition coefficient (Wildman–Crippen LogP) is 3.08. The van der Waals surface area contributed by atoms with Gasteiger partial charge in [0.05, 0.1) is 12.2 Å². The van der Waals surface area contributed by atoms with Gasteiger partial charge in [-0.1, -0.05) is 30.7 Å². The van der Waals surface area contributed by atoms with E-state index in [4.69, 9.17) is 11.6 Å². The molecule has 2 rings (SSSR count). The number of aromatic nitrogens is 2. The van der Waals surface area contributed by atoms with Crippen molar-refractivity contribution in [3.05, 3.63) is 52.8 Å². The predicted molar refractivity (Wildman–Crippen MR) is 74.8 cm³/mol. The molecule has 0 amide bonds. The summed E-state index contributed by atoms with van der Waals surface area (Å²) in [7, 11) is 0. The molecule has 2 aromatic rings. The van der Waals surface area contributed by atoms with Crippen LogP contribution in [0.3, 0.4) is 0 Å². The van der Waals surface area contributed by atoms with Crippen LogP contribution in [-0.4, -0.2) is 16.3 Å². The molecule has 0 spiro atoms. The first-order valence-corrected chi connectivity index (χ1v) is 6.63. The van der Waals surface area contributed by atoms with Crippen LogP contribution >= 0.6 is 11.6 Å². The molecule has 0 saturated heterocycles. The van der Waals surface area contributed by atoms with E-state index in [0.29, 0.717) is 0 Å². The largest absolute Gasteiger partial charge is 0.311 e. The third kappa shape index (κ3) is 3.86. The highest BCUT2D eigenvalue weighted by Crippen LogP contribution is 2.10. The van der Waals surface area contributed by atoms with Gasteiger partial charge in [-0.05, 0) is 36.7 Å². The fraction of sp³-hybridized carbons (Fsp3) is 0.357. The Morgan fingerprint density at radius 2 is 2.00 bits per heavy atom. The molecular formula is C14H18ClN3. The second-order valence-electron chi connectivity index (χ2n) is 4.31. The van der Waals surface area contributed by atoms with Crippen molar-refractivity contribution in [3.8, 4) is 0 Å². The maximum absolute atomic E-state index is 5.86. The van der Waals surface area contributed by atoms with Crippen LogP contribution < -0.4 is 5.32 Å². The zero-order valence-corrected chi connectivity index (χ0v) is 11.3. The molecule has 1 aromatic heterocycles. The molecule has 3 nitrogen and oxygen atoms in total. The molecule has 0 bridgehead atoms. The van der Waals surface area contributed by atoms with Crippen LogP contribution in [0.5, 0.6) is 0 Å². The van der Waals surface area contributed by atoms with Gasteiger partial charge in [-0.25, -0.2) is 0 Å². The van der Waals surface area contributed by atoms with Crippen molar-refractivity contribution in [1.82, 2.24) is 15.1 Å². The van der Waals surface area contributed by atoms with Crippen LogP contribution in [0.15, 0.2) is 36.5 Å². The second kappa shape index (κ2) is 6.57. The zero-order valence-electron chi connectivity index (χ0n) is 10.6. The summed E-state index contributed by atoms with van der Waals surface area (Å²) in [6, 6.07) is 9.92. The van der Waals surface area contributed by atoms with Gasteiger partial charge in [0.25, 0.3) is 0 Å². The summed E-state index contributed by atoms with van der Waals surface area (Å²) < 4.78 is 1.95. The first-order valence-electron chi connectivity index (χ1n) is 6.25. The van der Waals surface area contributed by atoms with E-state index < -0.39 is 0 Å². The van der Waals surface area contributed by atoms with Crippen molar-refractivity contribution in [2.45, 2.75) is 26.4 Å². The highest BCUT2D eigenvalue weighted by atomic mass is 35.5. The lowest BCUT2D eigenvalue weighted by atomic mass is 10.2. The average molecular weight is 264 g/mol. The third-order valence-corrected chi connectivity index (χ3v) is 2.94. The first kappa shape index (κ1) is 13.1. The molecule has 96 valence electrons. The maximum atomic E-state index is 5.86. The summed E-state index contributed by atoms with van der Waals surface area (Å²) in [6.45, 7) is 4.81. The van der Waals surface area contributed by atoms with Crippen molar-refractivity contribution in [2.75, 3.05) is 6.54 Å². The minimum atomic E-state index is 0.767. The standard InChI is InChI=1S/C14H18ClN3/c1-2-8-16-10-14-7-9-18(17-14)11-12-3-5-13(15)6-4-12/h3-7,9,16H,2,8,10-11H2,1H3. The van der Waals surface area contributed by atoms with Gasteiger partial charge in [-0.2, -0.15) is 5.10 Å². The number of hydrogen-bond donors (Lipinski definition) is 1. The quantitative estimate of drug-likeness (QED) is 0.812. The Bertz CT molecular complexity index is 476. The molecule has 18 heavy (non-hydrogen) atoms. The van der Waals surface area contributed by atoms with E-state index >= 15 is 0 Å². The van der Waals surface area contributed by atoms with Crippen LogP contribution in [0.1, 0.15) is 24.6 Å². The van der Waals surface area contributed by atoms with Crippen LogP contribution in [0.4, 0.5) is 0 Å². The summed E-state index contributed by atoms with van der Waals surface area (Å²) in [6.07, 6.45) is 3.16. The molecular weight excluding hydrogens is 246 g/mol. The van der Waals surface area contributed by atoms with Gasteiger partial charge in [-0.3, -0.25) is 4.68 Å². The summed E-state index contributed by atoms with van der Waals surface area (Å²) in [4.78, 5) is 0. The number of rotatable bonds is 6. The number of hydrogen-bond acceptors (Lipinski definition) is 2. The minimum Gasteiger partial charge on any atom is -0.311 e. The van der Waals surface area contributed by atoms with Gasteiger partial charge >= 0.3 is 0 Å². The lowest BCUT2D eigenvalue weighted by Gasteiger charge is -2.02. The molecule has 1 heterocycles. The van der Waals surface area contributed by atoms with Crippen LogP contribution in [-0.2, 0) is 13.1 Å². The minimum absolute atomic E-state index is 0.767. The van der Waals surface area contributed by atoms with E-state index in [-0.39, 0.29) is 0 Å². The highest BCUT2D eigenvalue weighted by molar-refractivity contribution is 6.30. The van der Waals surface area contributed by atoms with Crippen LogP contribution in [0, 0.1) is 0 Å². The first-order chi connectivity index (χ1) is 8.78. The van der Waals surface area contributed by atoms with Crippen molar-refractivity contribution in [3.63, 3.8) is 0 Å². The monoisotopic (exact) mass is 263 g/mol. The Morgan fingerprint density at radius 3 is 2.72 bits per heavy atom. The Morgan fingerprint density at radius 1 is 1.22 bits per heavy atom. The molecule has 1 aromatic carbocycles. The SMILES string of the molecule is CCCNCc1ccn(Cc2ccc(Cl)cc2)n1. The number of nitrogens with zero attached hydrogens (tertiary/aromatic N) is 2. The molecule has 1 N–H and O–H groups in total. The van der Waals surface area contributed by atoms with Gasteiger partial charge in [0.1, 0.15) is 0 Å². The smallest absolute Gasteiger partial charge is 0.0762 e. The Balaban J connectivity index is 1.91. The normalized spacial score (nSPS) is 10.8. The number of halogens is 1. The Hall–Kier alpha value is -1.32. The molecule has 4 heteroatoms. The summed E-state index contributed by atoms with van der Waals surface area (Å²) in [5, 5.41) is 8.63. The number of benzene rings is 1. The highest BCUT2D eigenvalue weighted by Gasteiger charge is 2.00. The molecule has 0 aliphatic rings. The van der Waals surface area contributed by atoms with Gasteiger partial charge < -0.3 is 5.32 Å². The number of nitrogens with one attached hydrogen (secondary N) is 1. The van der Waals surface area contributed by atoms with Gasteiger partial charge in [0.2, 0.25) is 0 Å². The van der Waals surface area contributed by atoms with Crippen molar-refractivity contribution < 1.29 is 0 Å². The Kier molecular flexibility index (Phi) is 4.79. The molecule has 0 saturated carbocycles. The van der Waals surface area contributed by atoms with Gasteiger partial charge in [0.15, 0.2) is 0 Å². The summed E-state index contributed by atoms with van der Waals surface area (Å²) in [5.74, 6) is 0. The molecule has 0 atom stereocenters. The average Bonchev–Trinajstić information content (AvgIpc) is 2.80. The lowest BCUT2D eigenvalue weighted by molar-refractivity contribution is 0.628. The fourth-order valence-corrected chi connectivity index (χ4v) is 1.88.